The van der Waals surface area contributed by atoms with Gasteiger partial charge in [0.1, 0.15) is 6.04 Å². The van der Waals surface area contributed by atoms with E-state index in [0.29, 0.717) is 37.9 Å². The summed E-state index contributed by atoms with van der Waals surface area (Å²) in [4.78, 5) is 44.4. The number of benzene rings is 3. The fourth-order valence-electron chi connectivity index (χ4n) is 7.09. The molecule has 2 aliphatic heterocycles. The highest BCUT2D eigenvalue weighted by Gasteiger charge is 2.47. The van der Waals surface area contributed by atoms with E-state index in [0.717, 1.165) is 33.3 Å². The minimum Gasteiger partial charge on any atom is -0.369 e. The van der Waals surface area contributed by atoms with Crippen molar-refractivity contribution in [3.63, 3.8) is 0 Å². The molecule has 3 aromatic carbocycles. The maximum absolute atomic E-state index is 14.5. The van der Waals surface area contributed by atoms with Crippen molar-refractivity contribution in [2.24, 2.45) is 24.6 Å². The van der Waals surface area contributed by atoms with E-state index < -0.39 is 12.1 Å². The lowest BCUT2D eigenvalue weighted by molar-refractivity contribution is -0.140. The Labute approximate surface area is 253 Å². The van der Waals surface area contributed by atoms with Crippen LogP contribution in [0.15, 0.2) is 72.8 Å². The van der Waals surface area contributed by atoms with Gasteiger partial charge in [-0.15, -0.1) is 0 Å². The lowest BCUT2D eigenvalue weighted by Gasteiger charge is -2.39. The first-order chi connectivity index (χ1) is 20.7. The van der Waals surface area contributed by atoms with Gasteiger partial charge in [-0.05, 0) is 55.4 Å². The summed E-state index contributed by atoms with van der Waals surface area (Å²) in [6, 6.07) is 23.5. The molecule has 6 rings (SSSR count). The average Bonchev–Trinajstić information content (AvgIpc) is 3.46. The minimum absolute atomic E-state index is 0.0556. The van der Waals surface area contributed by atoms with E-state index in [1.54, 1.807) is 0 Å². The summed E-state index contributed by atoms with van der Waals surface area (Å²) in [5.41, 5.74) is 12.5. The minimum atomic E-state index is -0.653. The molecule has 0 bridgehead atoms. The molecule has 0 saturated carbocycles. The number of hydrogen-bond donors (Lipinski definition) is 1. The van der Waals surface area contributed by atoms with Crippen molar-refractivity contribution in [2.45, 2.75) is 52.1 Å². The van der Waals surface area contributed by atoms with Crippen LogP contribution in [0.25, 0.3) is 22.2 Å². The highest BCUT2D eigenvalue weighted by atomic mass is 16.2. The van der Waals surface area contributed by atoms with Gasteiger partial charge >= 0.3 is 0 Å². The summed E-state index contributed by atoms with van der Waals surface area (Å²) in [6.07, 6.45) is 1.64. The third-order valence-corrected chi connectivity index (χ3v) is 9.27. The summed E-state index contributed by atoms with van der Waals surface area (Å²) in [5, 5.41) is 1.07. The Morgan fingerprint density at radius 1 is 0.930 bits per heavy atom. The molecule has 3 heterocycles. The molecule has 0 aliphatic carbocycles. The number of likely N-dealkylation sites (tertiary alicyclic amines) is 1. The number of hydrogen-bond acceptors (Lipinski definition) is 3. The van der Waals surface area contributed by atoms with Crippen molar-refractivity contribution in [3.05, 3.63) is 95.1 Å². The number of para-hydroxylation sites is 1. The Balaban J connectivity index is 1.54. The van der Waals surface area contributed by atoms with Crippen LogP contribution in [0.3, 0.4) is 0 Å². The second-order valence-electron chi connectivity index (χ2n) is 12.6. The summed E-state index contributed by atoms with van der Waals surface area (Å²) in [5.74, 6) is -0.519. The van der Waals surface area contributed by atoms with Gasteiger partial charge in [0.15, 0.2) is 0 Å². The summed E-state index contributed by atoms with van der Waals surface area (Å²) >= 11 is 0. The highest BCUT2D eigenvalue weighted by Crippen LogP contribution is 2.48. The SMILES string of the molecule is Cc1ccc(-c2c(C3c4ccccc4C(=O)N3C(CC(C)C)C(=O)N3CCC(C(N)=O)CC3)c3ccccc3n2C)cc1. The molecule has 1 aromatic heterocycles. The van der Waals surface area contributed by atoms with Gasteiger partial charge in [0.2, 0.25) is 11.8 Å². The predicted molar refractivity (Wildman–Crippen MR) is 169 cm³/mol. The zero-order valence-corrected chi connectivity index (χ0v) is 25.4. The van der Waals surface area contributed by atoms with Gasteiger partial charge in [0.25, 0.3) is 5.91 Å². The number of primary amides is 1. The second-order valence-corrected chi connectivity index (χ2v) is 12.6. The first-order valence-electron chi connectivity index (χ1n) is 15.3. The quantitative estimate of drug-likeness (QED) is 0.300. The van der Waals surface area contributed by atoms with E-state index in [1.165, 1.54) is 5.56 Å². The third kappa shape index (κ3) is 5.01. The predicted octanol–water partition coefficient (Wildman–Crippen LogP) is 5.84. The van der Waals surface area contributed by atoms with Crippen molar-refractivity contribution >= 4 is 28.6 Å². The first kappa shape index (κ1) is 28.7. The Kier molecular flexibility index (Phi) is 7.59. The Hall–Kier alpha value is -4.39. The molecular weight excluding hydrogens is 536 g/mol. The molecule has 1 saturated heterocycles. The largest absolute Gasteiger partial charge is 0.369 e. The second kappa shape index (κ2) is 11.4. The first-order valence-corrected chi connectivity index (χ1v) is 15.3. The summed E-state index contributed by atoms with van der Waals surface area (Å²) in [6.45, 7) is 7.19. The molecule has 0 spiro atoms. The molecule has 0 radical (unpaired) electrons. The smallest absolute Gasteiger partial charge is 0.255 e. The zero-order chi connectivity index (χ0) is 30.4. The Bertz CT molecular complexity index is 1700. The van der Waals surface area contributed by atoms with Crippen molar-refractivity contribution in [1.82, 2.24) is 14.4 Å². The summed E-state index contributed by atoms with van der Waals surface area (Å²) < 4.78 is 2.22. The van der Waals surface area contributed by atoms with Crippen molar-refractivity contribution in [3.8, 4) is 11.3 Å². The molecule has 7 heteroatoms. The number of carbonyl (C=O) groups is 3. The molecule has 3 amide bonds. The number of aryl methyl sites for hydroxylation is 2. The van der Waals surface area contributed by atoms with Crippen molar-refractivity contribution < 1.29 is 14.4 Å². The van der Waals surface area contributed by atoms with E-state index in [1.807, 2.05) is 46.2 Å². The molecular formula is C36H40N4O3. The molecule has 2 atom stereocenters. The number of aromatic nitrogens is 1. The average molecular weight is 577 g/mol. The van der Waals surface area contributed by atoms with Crippen LogP contribution >= 0.6 is 0 Å². The number of carbonyl (C=O) groups excluding carboxylic acids is 3. The van der Waals surface area contributed by atoms with Gasteiger partial charge in [-0.1, -0.05) is 80.1 Å². The number of piperidine rings is 1. The summed E-state index contributed by atoms with van der Waals surface area (Å²) in [7, 11) is 2.08. The lowest BCUT2D eigenvalue weighted by atomic mass is 9.91. The van der Waals surface area contributed by atoms with Crippen molar-refractivity contribution in [2.75, 3.05) is 13.1 Å². The molecule has 2 aliphatic rings. The molecule has 4 aromatic rings. The molecule has 222 valence electrons. The van der Waals surface area contributed by atoms with Gasteiger partial charge in [-0.25, -0.2) is 0 Å². The Morgan fingerprint density at radius 3 is 2.26 bits per heavy atom. The topological polar surface area (TPSA) is 88.6 Å². The normalized spacial score (nSPS) is 18.0. The van der Waals surface area contributed by atoms with Crippen LogP contribution in [0.1, 0.15) is 66.2 Å². The molecule has 2 unspecified atom stereocenters. The number of fused-ring (bicyclic) bond motifs is 2. The van der Waals surface area contributed by atoms with E-state index in [2.05, 4.69) is 68.8 Å². The van der Waals surface area contributed by atoms with Crippen LogP contribution in [0.5, 0.6) is 0 Å². The van der Waals surface area contributed by atoms with Crippen LogP contribution < -0.4 is 5.73 Å². The van der Waals surface area contributed by atoms with Gasteiger partial charge in [0.05, 0.1) is 11.7 Å². The van der Waals surface area contributed by atoms with Gasteiger partial charge in [-0.2, -0.15) is 0 Å². The van der Waals surface area contributed by atoms with Crippen LogP contribution in [-0.2, 0) is 16.6 Å². The maximum atomic E-state index is 14.5. The molecule has 2 N–H and O–H groups in total. The van der Waals surface area contributed by atoms with Gasteiger partial charge < -0.3 is 20.1 Å². The van der Waals surface area contributed by atoms with Crippen LogP contribution in [0, 0.1) is 18.8 Å². The van der Waals surface area contributed by atoms with Crippen molar-refractivity contribution in [1.29, 1.82) is 0 Å². The standard InChI is InChI=1S/C36H40N4O3/c1-22(2)21-30(36(43)39-19-17-25(18-20-39)34(37)41)40-33(26-9-5-6-10-27(26)35(40)42)31-28-11-7-8-12-29(28)38(4)32(31)24-15-13-23(3)14-16-24/h5-16,22,25,30,33H,17-21H2,1-4H3,(H2,37,41). The molecule has 1 fully saturated rings. The number of amides is 3. The monoisotopic (exact) mass is 576 g/mol. The van der Waals surface area contributed by atoms with E-state index in [4.69, 9.17) is 5.73 Å². The van der Waals surface area contributed by atoms with Gasteiger partial charge in [0, 0.05) is 48.1 Å². The van der Waals surface area contributed by atoms with Crippen LogP contribution in [-0.4, -0.2) is 51.2 Å². The lowest BCUT2D eigenvalue weighted by Crippen LogP contribution is -2.53. The van der Waals surface area contributed by atoms with E-state index in [-0.39, 0.29) is 29.6 Å². The third-order valence-electron chi connectivity index (χ3n) is 9.27. The fourth-order valence-corrected chi connectivity index (χ4v) is 7.09. The molecule has 43 heavy (non-hydrogen) atoms. The van der Waals surface area contributed by atoms with Gasteiger partial charge in [-0.3, -0.25) is 14.4 Å². The molecule has 7 nitrogen and oxygen atoms in total. The maximum Gasteiger partial charge on any atom is 0.255 e. The van der Waals surface area contributed by atoms with Crippen LogP contribution in [0.4, 0.5) is 0 Å². The van der Waals surface area contributed by atoms with E-state index in [9.17, 15) is 14.4 Å². The number of nitrogens with two attached hydrogens (primary N) is 1. The fraction of sp³-hybridized carbons (Fsp3) is 0.361. The number of nitrogens with zero attached hydrogens (tertiary/aromatic N) is 3. The highest BCUT2D eigenvalue weighted by molar-refractivity contribution is 6.04. The zero-order valence-electron chi connectivity index (χ0n) is 25.4. The Morgan fingerprint density at radius 2 is 1.58 bits per heavy atom. The van der Waals surface area contributed by atoms with Crippen LogP contribution in [0.2, 0.25) is 0 Å². The van der Waals surface area contributed by atoms with E-state index >= 15 is 0 Å². The number of rotatable bonds is 7.